The van der Waals surface area contributed by atoms with Gasteiger partial charge in [0.2, 0.25) is 6.79 Å². The lowest BCUT2D eigenvalue weighted by atomic mass is 10.1. The van der Waals surface area contributed by atoms with Gasteiger partial charge in [-0.3, -0.25) is 0 Å². The summed E-state index contributed by atoms with van der Waals surface area (Å²) in [6.45, 7) is 4.24. The van der Waals surface area contributed by atoms with Crippen molar-refractivity contribution in [3.8, 4) is 22.1 Å². The van der Waals surface area contributed by atoms with Crippen molar-refractivity contribution in [2.45, 2.75) is 13.8 Å². The van der Waals surface area contributed by atoms with Crippen molar-refractivity contribution < 1.29 is 9.47 Å². The average molecular weight is 248 g/mol. The highest BCUT2D eigenvalue weighted by Gasteiger charge is 2.18. The second kappa shape index (κ2) is 3.63. The van der Waals surface area contributed by atoms with Gasteiger partial charge in [-0.25, -0.2) is 4.98 Å². The Morgan fingerprint density at radius 1 is 1.24 bits per heavy atom. The van der Waals surface area contributed by atoms with E-state index in [2.05, 4.69) is 4.98 Å². The van der Waals surface area contributed by atoms with Gasteiger partial charge in [-0.2, -0.15) is 0 Å². The van der Waals surface area contributed by atoms with Crippen LogP contribution in [0.25, 0.3) is 10.6 Å². The molecular formula is C12H12N2O2S. The van der Waals surface area contributed by atoms with Gasteiger partial charge in [0.05, 0.1) is 5.69 Å². The van der Waals surface area contributed by atoms with Crippen LogP contribution >= 0.6 is 11.3 Å². The van der Waals surface area contributed by atoms with Gasteiger partial charge in [-0.15, -0.1) is 0 Å². The van der Waals surface area contributed by atoms with Gasteiger partial charge in [0.1, 0.15) is 10.0 Å². The number of anilines is 1. The van der Waals surface area contributed by atoms with E-state index in [9.17, 15) is 0 Å². The molecule has 2 heterocycles. The van der Waals surface area contributed by atoms with E-state index in [0.29, 0.717) is 0 Å². The number of nitrogens with two attached hydrogens (primary N) is 1. The first-order chi connectivity index (χ1) is 8.15. The standard InChI is InChI=1S/C12H12N2O2S/c1-6-3-9-10(16-5-15-9)4-8(6)12-14-7(2)11(13)17-12/h3-4H,5,13H2,1-2H3. The first-order valence-corrected chi connectivity index (χ1v) is 6.10. The molecule has 0 atom stereocenters. The summed E-state index contributed by atoms with van der Waals surface area (Å²) in [6, 6.07) is 3.94. The van der Waals surface area contributed by atoms with Crippen LogP contribution in [0.15, 0.2) is 12.1 Å². The number of hydrogen-bond donors (Lipinski definition) is 1. The third-order valence-electron chi connectivity index (χ3n) is 2.78. The summed E-state index contributed by atoms with van der Waals surface area (Å²) in [4.78, 5) is 4.46. The lowest BCUT2D eigenvalue weighted by Gasteiger charge is -2.04. The molecule has 0 aliphatic carbocycles. The number of benzene rings is 1. The van der Waals surface area contributed by atoms with Crippen LogP contribution in [0.1, 0.15) is 11.3 Å². The number of aromatic nitrogens is 1. The van der Waals surface area contributed by atoms with Crippen LogP contribution in [0.4, 0.5) is 5.00 Å². The fourth-order valence-corrected chi connectivity index (χ4v) is 2.71. The molecule has 4 nitrogen and oxygen atoms in total. The minimum absolute atomic E-state index is 0.289. The maximum atomic E-state index is 5.84. The summed E-state index contributed by atoms with van der Waals surface area (Å²) in [5, 5.41) is 1.69. The van der Waals surface area contributed by atoms with Gasteiger partial charge in [0.15, 0.2) is 11.5 Å². The van der Waals surface area contributed by atoms with Gasteiger partial charge in [-0.05, 0) is 31.5 Å². The summed E-state index contributed by atoms with van der Waals surface area (Å²) in [7, 11) is 0. The van der Waals surface area contributed by atoms with E-state index in [1.165, 1.54) is 11.3 Å². The van der Waals surface area contributed by atoms with Crippen molar-refractivity contribution in [1.82, 2.24) is 4.98 Å². The predicted molar refractivity (Wildman–Crippen MR) is 67.6 cm³/mol. The first kappa shape index (κ1) is 10.4. The predicted octanol–water partition coefficient (Wildman–Crippen LogP) is 2.74. The third-order valence-corrected chi connectivity index (χ3v) is 3.80. The van der Waals surface area contributed by atoms with E-state index in [1.54, 1.807) is 0 Å². The molecule has 2 aromatic rings. The molecule has 1 aliphatic heterocycles. The maximum Gasteiger partial charge on any atom is 0.231 e. The van der Waals surface area contributed by atoms with E-state index in [0.717, 1.165) is 38.3 Å². The molecule has 0 saturated carbocycles. The zero-order valence-electron chi connectivity index (χ0n) is 9.61. The number of ether oxygens (including phenoxy) is 2. The normalized spacial score (nSPS) is 13.1. The lowest BCUT2D eigenvalue weighted by Crippen LogP contribution is -1.92. The molecule has 0 spiro atoms. The van der Waals surface area contributed by atoms with Crippen molar-refractivity contribution in [3.05, 3.63) is 23.4 Å². The van der Waals surface area contributed by atoms with Crippen molar-refractivity contribution >= 4 is 16.3 Å². The molecule has 0 saturated heterocycles. The zero-order chi connectivity index (χ0) is 12.0. The quantitative estimate of drug-likeness (QED) is 0.843. The van der Waals surface area contributed by atoms with Gasteiger partial charge < -0.3 is 15.2 Å². The van der Waals surface area contributed by atoms with Crippen LogP contribution in [0, 0.1) is 13.8 Å². The molecule has 3 rings (SSSR count). The van der Waals surface area contributed by atoms with E-state index in [1.807, 2.05) is 26.0 Å². The van der Waals surface area contributed by atoms with E-state index in [-0.39, 0.29) is 6.79 Å². The maximum absolute atomic E-state index is 5.84. The highest BCUT2D eigenvalue weighted by Crippen LogP contribution is 2.40. The third kappa shape index (κ3) is 1.63. The summed E-state index contributed by atoms with van der Waals surface area (Å²) in [5.74, 6) is 1.57. The minimum Gasteiger partial charge on any atom is -0.454 e. The molecule has 1 aromatic carbocycles. The number of fused-ring (bicyclic) bond motifs is 1. The Kier molecular flexibility index (Phi) is 2.22. The molecule has 0 radical (unpaired) electrons. The molecular weight excluding hydrogens is 236 g/mol. The van der Waals surface area contributed by atoms with Crippen LogP contribution in [-0.4, -0.2) is 11.8 Å². The number of aryl methyl sites for hydroxylation is 2. The Balaban J connectivity index is 2.14. The van der Waals surface area contributed by atoms with Crippen molar-refractivity contribution in [2.24, 2.45) is 0 Å². The Morgan fingerprint density at radius 3 is 2.59 bits per heavy atom. The Hall–Kier alpha value is -1.75. The topological polar surface area (TPSA) is 57.4 Å². The SMILES string of the molecule is Cc1cc2c(cc1-c1nc(C)c(N)s1)OCO2. The van der Waals surface area contributed by atoms with E-state index in [4.69, 9.17) is 15.2 Å². The molecule has 0 fully saturated rings. The molecule has 0 amide bonds. The second-order valence-electron chi connectivity index (χ2n) is 3.99. The second-order valence-corrected chi connectivity index (χ2v) is 5.02. The molecule has 0 unspecified atom stereocenters. The van der Waals surface area contributed by atoms with Crippen LogP contribution in [0.2, 0.25) is 0 Å². The molecule has 88 valence electrons. The summed E-state index contributed by atoms with van der Waals surface area (Å²) in [5.41, 5.74) is 8.89. The largest absolute Gasteiger partial charge is 0.454 e. The fourth-order valence-electron chi connectivity index (χ4n) is 1.80. The van der Waals surface area contributed by atoms with Crippen LogP contribution in [0.3, 0.4) is 0 Å². The van der Waals surface area contributed by atoms with Crippen molar-refractivity contribution in [2.75, 3.05) is 12.5 Å². The van der Waals surface area contributed by atoms with Crippen LogP contribution in [-0.2, 0) is 0 Å². The van der Waals surface area contributed by atoms with Gasteiger partial charge in [0.25, 0.3) is 0 Å². The first-order valence-electron chi connectivity index (χ1n) is 5.28. The van der Waals surface area contributed by atoms with Crippen LogP contribution < -0.4 is 15.2 Å². The number of rotatable bonds is 1. The molecule has 17 heavy (non-hydrogen) atoms. The number of thiazole rings is 1. The van der Waals surface area contributed by atoms with Gasteiger partial charge in [0, 0.05) is 5.56 Å². The molecule has 1 aromatic heterocycles. The van der Waals surface area contributed by atoms with Crippen LogP contribution in [0.5, 0.6) is 11.5 Å². The minimum atomic E-state index is 0.289. The Bertz CT molecular complexity index is 573. The molecule has 1 aliphatic rings. The Labute approximate surface area is 103 Å². The smallest absolute Gasteiger partial charge is 0.231 e. The zero-order valence-corrected chi connectivity index (χ0v) is 10.4. The summed E-state index contributed by atoms with van der Waals surface area (Å²) in [6.07, 6.45) is 0. The molecule has 5 heteroatoms. The van der Waals surface area contributed by atoms with E-state index >= 15 is 0 Å². The monoisotopic (exact) mass is 248 g/mol. The van der Waals surface area contributed by atoms with Crippen molar-refractivity contribution in [3.63, 3.8) is 0 Å². The molecule has 2 N–H and O–H groups in total. The van der Waals surface area contributed by atoms with Crippen molar-refractivity contribution in [1.29, 1.82) is 0 Å². The average Bonchev–Trinajstić information content (AvgIpc) is 2.85. The Morgan fingerprint density at radius 2 is 1.94 bits per heavy atom. The summed E-state index contributed by atoms with van der Waals surface area (Å²) < 4.78 is 10.7. The molecule has 0 bridgehead atoms. The number of hydrogen-bond acceptors (Lipinski definition) is 5. The highest BCUT2D eigenvalue weighted by molar-refractivity contribution is 7.18. The lowest BCUT2D eigenvalue weighted by molar-refractivity contribution is 0.174. The number of nitrogens with zero attached hydrogens (tertiary/aromatic N) is 1. The van der Waals surface area contributed by atoms with E-state index < -0.39 is 0 Å². The highest BCUT2D eigenvalue weighted by atomic mass is 32.1. The van der Waals surface area contributed by atoms with Gasteiger partial charge in [-0.1, -0.05) is 11.3 Å². The summed E-state index contributed by atoms with van der Waals surface area (Å²) >= 11 is 1.50. The van der Waals surface area contributed by atoms with Gasteiger partial charge >= 0.3 is 0 Å². The number of nitrogen functional groups attached to an aromatic ring is 1. The fraction of sp³-hybridized carbons (Fsp3) is 0.250.